The van der Waals surface area contributed by atoms with Crippen LogP contribution >= 0.6 is 0 Å². The number of methoxy groups -OCH3 is 1. The molecule has 0 spiro atoms. The van der Waals surface area contributed by atoms with Gasteiger partial charge >= 0.3 is 5.97 Å². The largest absolute Gasteiger partial charge is 0.435 e. The van der Waals surface area contributed by atoms with E-state index in [2.05, 4.69) is 0 Å². The van der Waals surface area contributed by atoms with E-state index in [0.29, 0.717) is 5.92 Å². The standard InChI is InChI=1S/C14H26O3/c1-5-14(2,3)13(15)17-12(16-4)11-9-7-6-8-10-11/h11-12H,5-10H2,1-4H3. The predicted octanol–water partition coefficient (Wildman–Crippen LogP) is 3.52. The average molecular weight is 242 g/mol. The smallest absolute Gasteiger partial charge is 0.313 e. The van der Waals surface area contributed by atoms with Crippen LogP contribution in [0.1, 0.15) is 59.3 Å². The summed E-state index contributed by atoms with van der Waals surface area (Å²) < 4.78 is 10.9. The van der Waals surface area contributed by atoms with Crippen LogP contribution in [0.25, 0.3) is 0 Å². The first-order chi connectivity index (χ1) is 8.01. The number of hydrogen-bond acceptors (Lipinski definition) is 3. The van der Waals surface area contributed by atoms with E-state index in [0.717, 1.165) is 19.3 Å². The highest BCUT2D eigenvalue weighted by Crippen LogP contribution is 2.30. The third-order valence-corrected chi connectivity index (χ3v) is 3.93. The second kappa shape index (κ2) is 6.39. The van der Waals surface area contributed by atoms with Gasteiger partial charge in [0.25, 0.3) is 0 Å². The maximum Gasteiger partial charge on any atom is 0.313 e. The van der Waals surface area contributed by atoms with Gasteiger partial charge in [-0.3, -0.25) is 4.79 Å². The van der Waals surface area contributed by atoms with Crippen LogP contribution in [0.15, 0.2) is 0 Å². The fourth-order valence-electron chi connectivity index (χ4n) is 2.15. The fraction of sp³-hybridized carbons (Fsp3) is 0.929. The quantitative estimate of drug-likeness (QED) is 0.546. The monoisotopic (exact) mass is 242 g/mol. The SMILES string of the molecule is CCC(C)(C)C(=O)OC(OC)C1CCCCC1. The zero-order valence-electron chi connectivity index (χ0n) is 11.6. The Balaban J connectivity index is 2.54. The molecule has 3 heteroatoms. The topological polar surface area (TPSA) is 35.5 Å². The summed E-state index contributed by atoms with van der Waals surface area (Å²) in [5.74, 6) is 0.239. The van der Waals surface area contributed by atoms with Gasteiger partial charge in [0, 0.05) is 13.0 Å². The molecule has 0 saturated heterocycles. The second-order valence-corrected chi connectivity index (χ2v) is 5.64. The number of esters is 1. The predicted molar refractivity (Wildman–Crippen MR) is 67.5 cm³/mol. The minimum atomic E-state index is -0.411. The highest BCUT2D eigenvalue weighted by atomic mass is 16.7. The average Bonchev–Trinajstić information content (AvgIpc) is 2.36. The van der Waals surface area contributed by atoms with Crippen LogP contribution in [0.2, 0.25) is 0 Å². The summed E-state index contributed by atoms with van der Waals surface area (Å²) in [6, 6.07) is 0. The summed E-state index contributed by atoms with van der Waals surface area (Å²) in [7, 11) is 1.63. The van der Waals surface area contributed by atoms with Gasteiger partial charge in [-0.2, -0.15) is 0 Å². The van der Waals surface area contributed by atoms with Crippen LogP contribution in [0.3, 0.4) is 0 Å². The Morgan fingerprint density at radius 3 is 2.35 bits per heavy atom. The van der Waals surface area contributed by atoms with Crippen molar-refractivity contribution in [2.75, 3.05) is 7.11 Å². The van der Waals surface area contributed by atoms with Crippen LogP contribution in [-0.4, -0.2) is 19.4 Å². The van der Waals surface area contributed by atoms with E-state index < -0.39 is 5.41 Å². The number of rotatable bonds is 5. The molecule has 1 atom stereocenters. The van der Waals surface area contributed by atoms with Gasteiger partial charge in [-0.25, -0.2) is 0 Å². The Morgan fingerprint density at radius 2 is 1.88 bits per heavy atom. The number of carbonyl (C=O) groups excluding carboxylic acids is 1. The Hall–Kier alpha value is -0.570. The molecule has 0 aromatic rings. The molecule has 0 bridgehead atoms. The van der Waals surface area contributed by atoms with Crippen LogP contribution in [0.4, 0.5) is 0 Å². The Bertz CT molecular complexity index is 242. The van der Waals surface area contributed by atoms with Gasteiger partial charge in [0.2, 0.25) is 6.29 Å². The van der Waals surface area contributed by atoms with Crippen molar-refractivity contribution in [3.05, 3.63) is 0 Å². The van der Waals surface area contributed by atoms with Gasteiger partial charge in [0.1, 0.15) is 0 Å². The molecule has 0 amide bonds. The minimum absolute atomic E-state index is 0.141. The van der Waals surface area contributed by atoms with Gasteiger partial charge in [0.15, 0.2) is 0 Å². The normalized spacial score (nSPS) is 20.0. The van der Waals surface area contributed by atoms with E-state index >= 15 is 0 Å². The number of carbonyl (C=O) groups is 1. The maximum atomic E-state index is 12.0. The third-order valence-electron chi connectivity index (χ3n) is 3.93. The lowest BCUT2D eigenvalue weighted by atomic mass is 9.88. The first-order valence-corrected chi connectivity index (χ1v) is 6.75. The third kappa shape index (κ3) is 3.98. The zero-order chi connectivity index (χ0) is 12.9. The highest BCUT2D eigenvalue weighted by Gasteiger charge is 2.33. The highest BCUT2D eigenvalue weighted by molar-refractivity contribution is 5.75. The molecule has 1 saturated carbocycles. The van der Waals surface area contributed by atoms with Crippen molar-refractivity contribution >= 4 is 5.97 Å². The lowest BCUT2D eigenvalue weighted by Gasteiger charge is -2.31. The molecule has 0 N–H and O–H groups in total. The van der Waals surface area contributed by atoms with Gasteiger partial charge in [-0.15, -0.1) is 0 Å². The Morgan fingerprint density at radius 1 is 1.29 bits per heavy atom. The van der Waals surface area contributed by atoms with Crippen LogP contribution in [0, 0.1) is 11.3 Å². The van der Waals surface area contributed by atoms with Crippen molar-refractivity contribution in [1.29, 1.82) is 0 Å². The van der Waals surface area contributed by atoms with E-state index in [-0.39, 0.29) is 12.3 Å². The summed E-state index contributed by atoms with van der Waals surface area (Å²) in [6.07, 6.45) is 6.39. The van der Waals surface area contributed by atoms with Gasteiger partial charge < -0.3 is 9.47 Å². The molecule has 1 aliphatic carbocycles. The van der Waals surface area contributed by atoms with Crippen LogP contribution < -0.4 is 0 Å². The van der Waals surface area contributed by atoms with Crippen molar-refractivity contribution < 1.29 is 14.3 Å². The molecule has 0 radical (unpaired) electrons. The van der Waals surface area contributed by atoms with Gasteiger partial charge in [0.05, 0.1) is 5.41 Å². The summed E-state index contributed by atoms with van der Waals surface area (Å²) in [5, 5.41) is 0. The Kier molecular flexibility index (Phi) is 5.44. The molecule has 17 heavy (non-hydrogen) atoms. The molecule has 100 valence electrons. The molecular formula is C14H26O3. The molecule has 0 aromatic carbocycles. The summed E-state index contributed by atoms with van der Waals surface area (Å²) in [5.41, 5.74) is -0.411. The number of ether oxygens (including phenoxy) is 2. The maximum absolute atomic E-state index is 12.0. The van der Waals surface area contributed by atoms with E-state index in [1.807, 2.05) is 20.8 Å². The van der Waals surface area contributed by atoms with Crippen molar-refractivity contribution in [1.82, 2.24) is 0 Å². The van der Waals surface area contributed by atoms with Crippen molar-refractivity contribution in [3.63, 3.8) is 0 Å². The van der Waals surface area contributed by atoms with Crippen molar-refractivity contribution in [2.45, 2.75) is 65.6 Å². The molecule has 1 rings (SSSR count). The number of hydrogen-bond donors (Lipinski definition) is 0. The first kappa shape index (κ1) is 14.5. The molecule has 0 heterocycles. The molecular weight excluding hydrogens is 216 g/mol. The molecule has 0 aliphatic heterocycles. The van der Waals surface area contributed by atoms with Gasteiger partial charge in [-0.05, 0) is 33.1 Å². The summed E-state index contributed by atoms with van der Waals surface area (Å²) in [6.45, 7) is 5.84. The van der Waals surface area contributed by atoms with E-state index in [1.165, 1.54) is 19.3 Å². The lowest BCUT2D eigenvalue weighted by molar-refractivity contribution is -0.196. The summed E-state index contributed by atoms with van der Waals surface area (Å²) >= 11 is 0. The lowest BCUT2D eigenvalue weighted by Crippen LogP contribution is -2.35. The zero-order valence-corrected chi connectivity index (χ0v) is 11.6. The molecule has 3 nitrogen and oxygen atoms in total. The second-order valence-electron chi connectivity index (χ2n) is 5.64. The van der Waals surface area contributed by atoms with E-state index in [9.17, 15) is 4.79 Å². The van der Waals surface area contributed by atoms with Crippen LogP contribution in [-0.2, 0) is 14.3 Å². The molecule has 1 unspecified atom stereocenters. The van der Waals surface area contributed by atoms with E-state index in [1.54, 1.807) is 7.11 Å². The molecule has 1 fully saturated rings. The molecule has 1 aliphatic rings. The summed E-state index contributed by atoms with van der Waals surface area (Å²) in [4.78, 5) is 12.0. The first-order valence-electron chi connectivity index (χ1n) is 6.75. The van der Waals surface area contributed by atoms with E-state index in [4.69, 9.17) is 9.47 Å². The van der Waals surface area contributed by atoms with Crippen LogP contribution in [0.5, 0.6) is 0 Å². The minimum Gasteiger partial charge on any atom is -0.435 e. The van der Waals surface area contributed by atoms with Gasteiger partial charge in [-0.1, -0.05) is 26.2 Å². The fourth-order valence-corrected chi connectivity index (χ4v) is 2.15. The molecule has 0 aromatic heterocycles. The van der Waals surface area contributed by atoms with Crippen molar-refractivity contribution in [3.8, 4) is 0 Å². The van der Waals surface area contributed by atoms with Crippen molar-refractivity contribution in [2.24, 2.45) is 11.3 Å². The Labute approximate surface area is 105 Å².